The number of nitrogens with zero attached hydrogens (tertiary/aromatic N) is 1. The van der Waals surface area contributed by atoms with Gasteiger partial charge in [-0.15, -0.1) is 0 Å². The molecule has 0 aromatic heterocycles. The Labute approximate surface area is 106 Å². The molecule has 0 aromatic carbocycles. The molecule has 1 heterocycles. The van der Waals surface area contributed by atoms with E-state index in [9.17, 15) is 0 Å². The third kappa shape index (κ3) is 3.01. The molecule has 100 valence electrons. The van der Waals surface area contributed by atoms with Gasteiger partial charge in [0, 0.05) is 25.7 Å². The minimum Gasteiger partial charge on any atom is -0.377 e. The Bertz CT molecular complexity index is 259. The van der Waals surface area contributed by atoms with Crippen LogP contribution in [0.25, 0.3) is 0 Å². The van der Waals surface area contributed by atoms with E-state index < -0.39 is 0 Å². The summed E-state index contributed by atoms with van der Waals surface area (Å²) < 4.78 is 5.68. The van der Waals surface area contributed by atoms with Crippen LogP contribution in [0.4, 0.5) is 0 Å². The number of ether oxygens (including phenoxy) is 1. The fourth-order valence-electron chi connectivity index (χ4n) is 3.49. The number of nitrogens with two attached hydrogens (primary N) is 1. The summed E-state index contributed by atoms with van der Waals surface area (Å²) in [5.41, 5.74) is 6.36. The average Bonchev–Trinajstić information content (AvgIpc) is 2.32. The van der Waals surface area contributed by atoms with Crippen LogP contribution in [0.1, 0.15) is 46.0 Å². The summed E-state index contributed by atoms with van der Waals surface area (Å²) >= 11 is 0. The smallest absolute Gasteiger partial charge is 0.0777 e. The molecule has 4 unspecified atom stereocenters. The highest BCUT2D eigenvalue weighted by atomic mass is 16.5. The van der Waals surface area contributed by atoms with Gasteiger partial charge in [-0.25, -0.2) is 0 Å². The Morgan fingerprint density at radius 1 is 1.35 bits per heavy atom. The lowest BCUT2D eigenvalue weighted by Gasteiger charge is -2.47. The number of hydrogen-bond donors (Lipinski definition) is 1. The van der Waals surface area contributed by atoms with E-state index in [0.717, 1.165) is 12.5 Å². The Kier molecular flexibility index (Phi) is 4.11. The van der Waals surface area contributed by atoms with Crippen LogP contribution in [0.15, 0.2) is 0 Å². The van der Waals surface area contributed by atoms with Crippen LogP contribution in [0.3, 0.4) is 0 Å². The average molecular weight is 240 g/mol. The summed E-state index contributed by atoms with van der Waals surface area (Å²) in [7, 11) is 1.84. The number of piperidine rings is 1. The van der Waals surface area contributed by atoms with E-state index in [4.69, 9.17) is 10.5 Å². The molecule has 0 radical (unpaired) electrons. The van der Waals surface area contributed by atoms with E-state index in [1.807, 2.05) is 7.11 Å². The number of rotatable bonds is 2. The van der Waals surface area contributed by atoms with Gasteiger partial charge in [0.2, 0.25) is 0 Å². The van der Waals surface area contributed by atoms with E-state index in [0.29, 0.717) is 12.1 Å². The van der Waals surface area contributed by atoms with E-state index in [1.165, 1.54) is 38.6 Å². The minimum atomic E-state index is 0.0403. The van der Waals surface area contributed by atoms with Crippen molar-refractivity contribution in [1.82, 2.24) is 4.90 Å². The van der Waals surface area contributed by atoms with Crippen LogP contribution in [-0.2, 0) is 4.74 Å². The highest BCUT2D eigenvalue weighted by molar-refractivity contribution is 4.94. The van der Waals surface area contributed by atoms with Crippen molar-refractivity contribution in [3.05, 3.63) is 0 Å². The van der Waals surface area contributed by atoms with Gasteiger partial charge in [-0.1, -0.05) is 6.92 Å². The first-order valence-electron chi connectivity index (χ1n) is 7.09. The summed E-state index contributed by atoms with van der Waals surface area (Å²) in [4.78, 5) is 2.59. The van der Waals surface area contributed by atoms with Crippen molar-refractivity contribution in [3.8, 4) is 0 Å². The van der Waals surface area contributed by atoms with Crippen molar-refractivity contribution < 1.29 is 4.74 Å². The van der Waals surface area contributed by atoms with Crippen molar-refractivity contribution in [1.29, 1.82) is 0 Å². The Morgan fingerprint density at radius 3 is 2.82 bits per heavy atom. The van der Waals surface area contributed by atoms with Crippen molar-refractivity contribution in [2.24, 2.45) is 11.7 Å². The molecule has 1 saturated carbocycles. The van der Waals surface area contributed by atoms with Crippen molar-refractivity contribution in [2.75, 3.05) is 20.2 Å². The lowest BCUT2D eigenvalue weighted by molar-refractivity contribution is -0.0687. The van der Waals surface area contributed by atoms with Gasteiger partial charge in [-0.3, -0.25) is 4.90 Å². The van der Waals surface area contributed by atoms with E-state index >= 15 is 0 Å². The number of hydrogen-bond acceptors (Lipinski definition) is 3. The molecule has 2 aliphatic rings. The van der Waals surface area contributed by atoms with E-state index in [2.05, 4.69) is 18.7 Å². The number of likely N-dealkylation sites (tertiary alicyclic amines) is 1. The maximum Gasteiger partial charge on any atom is 0.0777 e. The number of methoxy groups -OCH3 is 1. The monoisotopic (exact) mass is 240 g/mol. The van der Waals surface area contributed by atoms with Crippen LogP contribution >= 0.6 is 0 Å². The molecule has 1 saturated heterocycles. The Morgan fingerprint density at radius 2 is 2.12 bits per heavy atom. The molecule has 3 heteroatoms. The van der Waals surface area contributed by atoms with Crippen LogP contribution < -0.4 is 5.73 Å². The fraction of sp³-hybridized carbons (Fsp3) is 1.00. The highest BCUT2D eigenvalue weighted by Gasteiger charge is 2.37. The molecule has 1 aliphatic heterocycles. The van der Waals surface area contributed by atoms with E-state index in [1.54, 1.807) is 0 Å². The molecule has 1 aliphatic carbocycles. The topological polar surface area (TPSA) is 38.5 Å². The van der Waals surface area contributed by atoms with Crippen LogP contribution in [0.5, 0.6) is 0 Å². The second-order valence-corrected chi connectivity index (χ2v) is 6.38. The molecular weight excluding hydrogens is 212 g/mol. The van der Waals surface area contributed by atoms with E-state index in [-0.39, 0.29) is 5.60 Å². The Balaban J connectivity index is 2.00. The third-order valence-corrected chi connectivity index (χ3v) is 4.78. The second-order valence-electron chi connectivity index (χ2n) is 6.38. The van der Waals surface area contributed by atoms with Crippen molar-refractivity contribution in [3.63, 3.8) is 0 Å². The normalized spacial score (nSPS) is 44.8. The lowest BCUT2D eigenvalue weighted by atomic mass is 9.81. The lowest BCUT2D eigenvalue weighted by Crippen LogP contribution is -2.57. The van der Waals surface area contributed by atoms with Crippen LogP contribution in [0.2, 0.25) is 0 Å². The van der Waals surface area contributed by atoms with Gasteiger partial charge in [-0.2, -0.15) is 0 Å². The Hall–Kier alpha value is -0.120. The maximum atomic E-state index is 6.32. The van der Waals surface area contributed by atoms with Gasteiger partial charge in [0.15, 0.2) is 0 Å². The minimum absolute atomic E-state index is 0.0403. The SMILES string of the molecule is COC1(C)CCCN(C2CC(C)CCC2N)C1. The summed E-state index contributed by atoms with van der Waals surface area (Å²) in [5.74, 6) is 0.829. The first-order chi connectivity index (χ1) is 8.04. The molecule has 0 bridgehead atoms. The van der Waals surface area contributed by atoms with Crippen LogP contribution in [0, 0.1) is 5.92 Å². The first-order valence-corrected chi connectivity index (χ1v) is 7.09. The zero-order valence-electron chi connectivity index (χ0n) is 11.6. The molecular formula is C14H28N2O. The highest BCUT2D eigenvalue weighted by Crippen LogP contribution is 2.31. The van der Waals surface area contributed by atoms with Gasteiger partial charge in [-0.05, 0) is 51.5 Å². The third-order valence-electron chi connectivity index (χ3n) is 4.78. The summed E-state index contributed by atoms with van der Waals surface area (Å²) in [5, 5.41) is 0. The quantitative estimate of drug-likeness (QED) is 0.802. The first kappa shape index (κ1) is 13.3. The molecule has 2 rings (SSSR count). The molecule has 0 amide bonds. The molecule has 4 atom stereocenters. The molecule has 0 spiro atoms. The summed E-state index contributed by atoms with van der Waals surface area (Å²) in [6.07, 6.45) is 6.17. The largest absolute Gasteiger partial charge is 0.377 e. The maximum absolute atomic E-state index is 6.32. The summed E-state index contributed by atoms with van der Waals surface area (Å²) in [6.45, 7) is 6.84. The van der Waals surface area contributed by atoms with Crippen molar-refractivity contribution >= 4 is 0 Å². The van der Waals surface area contributed by atoms with Crippen molar-refractivity contribution in [2.45, 2.75) is 63.6 Å². The van der Waals surface area contributed by atoms with Crippen LogP contribution in [-0.4, -0.2) is 42.8 Å². The van der Waals surface area contributed by atoms with Gasteiger partial charge in [0.1, 0.15) is 0 Å². The molecule has 0 aromatic rings. The van der Waals surface area contributed by atoms with Gasteiger partial charge in [0.05, 0.1) is 5.60 Å². The van der Waals surface area contributed by atoms with Gasteiger partial charge >= 0.3 is 0 Å². The zero-order chi connectivity index (χ0) is 12.5. The fourth-order valence-corrected chi connectivity index (χ4v) is 3.49. The van der Waals surface area contributed by atoms with Gasteiger partial charge < -0.3 is 10.5 Å². The summed E-state index contributed by atoms with van der Waals surface area (Å²) in [6, 6.07) is 0.943. The molecule has 2 N–H and O–H groups in total. The predicted molar refractivity (Wildman–Crippen MR) is 71.0 cm³/mol. The predicted octanol–water partition coefficient (Wildman–Crippen LogP) is 2.00. The zero-order valence-corrected chi connectivity index (χ0v) is 11.6. The molecule has 2 fully saturated rings. The standard InChI is InChI=1S/C14H28N2O/c1-11-5-6-12(15)13(9-11)16-8-4-7-14(2,10-16)17-3/h11-13H,4-10,15H2,1-3H3. The second kappa shape index (κ2) is 5.25. The molecule has 3 nitrogen and oxygen atoms in total. The van der Waals surface area contributed by atoms with Gasteiger partial charge in [0.25, 0.3) is 0 Å². The molecule has 17 heavy (non-hydrogen) atoms.